The first-order valence-corrected chi connectivity index (χ1v) is 9.17. The molecule has 1 fully saturated rings. The number of nitrogens with two attached hydrogens (primary N) is 1. The normalized spacial score (nSPS) is 20.1. The van der Waals surface area contributed by atoms with Crippen LogP contribution in [0.15, 0.2) is 29.4 Å². The van der Waals surface area contributed by atoms with Crippen molar-refractivity contribution in [3.05, 3.63) is 30.1 Å². The molecule has 1 aliphatic heterocycles. The fourth-order valence-corrected chi connectivity index (χ4v) is 3.72. The van der Waals surface area contributed by atoms with E-state index in [9.17, 15) is 14.0 Å². The van der Waals surface area contributed by atoms with E-state index in [-0.39, 0.29) is 30.6 Å². The molecule has 142 valence electrons. The molecule has 2 amide bonds. The number of carbonyl (C=O) groups is 2. The number of nitrogens with zero attached hydrogens (tertiary/aromatic N) is 3. The van der Waals surface area contributed by atoms with Gasteiger partial charge in [-0.2, -0.15) is 5.10 Å². The van der Waals surface area contributed by atoms with E-state index in [1.807, 2.05) is 0 Å². The highest BCUT2D eigenvalue weighted by molar-refractivity contribution is 6.40. The summed E-state index contributed by atoms with van der Waals surface area (Å²) in [7, 11) is 0. The maximum atomic E-state index is 13.2. The van der Waals surface area contributed by atoms with E-state index in [0.717, 1.165) is 32.1 Å². The third-order valence-corrected chi connectivity index (χ3v) is 5.11. The zero-order chi connectivity index (χ0) is 19.4. The highest BCUT2D eigenvalue weighted by atomic mass is 19.1. The molecule has 1 aliphatic carbocycles. The van der Waals surface area contributed by atoms with E-state index in [1.165, 1.54) is 29.3 Å². The second-order valence-electron chi connectivity index (χ2n) is 6.92. The minimum absolute atomic E-state index is 0.0944. The molecule has 1 aromatic rings. The molecule has 1 saturated carbocycles. The monoisotopic (exact) mass is 370 g/mol. The van der Waals surface area contributed by atoms with Gasteiger partial charge in [-0.25, -0.2) is 4.39 Å². The summed E-state index contributed by atoms with van der Waals surface area (Å²) >= 11 is 0. The van der Waals surface area contributed by atoms with Crippen LogP contribution >= 0.6 is 0 Å². The molecule has 0 aromatic heterocycles. The van der Waals surface area contributed by atoms with Crippen LogP contribution in [0.3, 0.4) is 0 Å². The number of hydrazone groups is 1. The largest absolute Gasteiger partial charge is 0.368 e. The molecular weight excluding hydrogens is 347 g/mol. The SMILES string of the molecule is C#CCN(C(=O)C1=NN(c2ccc(F)cc2)C(C(N)=O)C1)C1CCCCC1. The van der Waals surface area contributed by atoms with Crippen molar-refractivity contribution in [3.63, 3.8) is 0 Å². The Labute approximate surface area is 158 Å². The molecule has 3 rings (SSSR count). The van der Waals surface area contributed by atoms with Gasteiger partial charge in [0.15, 0.2) is 0 Å². The van der Waals surface area contributed by atoms with Crippen molar-refractivity contribution in [3.8, 4) is 12.3 Å². The Bertz CT molecular complexity index is 778. The molecular formula is C20H23FN4O2. The molecule has 0 saturated heterocycles. The number of amides is 2. The smallest absolute Gasteiger partial charge is 0.271 e. The van der Waals surface area contributed by atoms with Gasteiger partial charge in [0.05, 0.1) is 12.2 Å². The Morgan fingerprint density at radius 3 is 2.52 bits per heavy atom. The van der Waals surface area contributed by atoms with Crippen molar-refractivity contribution in [1.82, 2.24) is 4.90 Å². The number of benzene rings is 1. The molecule has 0 spiro atoms. The molecule has 1 atom stereocenters. The fourth-order valence-electron chi connectivity index (χ4n) is 3.72. The molecule has 6 nitrogen and oxygen atoms in total. The van der Waals surface area contributed by atoms with Crippen molar-refractivity contribution >= 4 is 23.2 Å². The van der Waals surface area contributed by atoms with Crippen LogP contribution < -0.4 is 10.7 Å². The predicted octanol–water partition coefficient (Wildman–Crippen LogP) is 2.04. The number of halogens is 1. The summed E-state index contributed by atoms with van der Waals surface area (Å²) in [4.78, 5) is 26.7. The molecule has 7 heteroatoms. The zero-order valence-corrected chi connectivity index (χ0v) is 15.1. The first-order chi connectivity index (χ1) is 13.0. The van der Waals surface area contributed by atoms with Crippen LogP contribution in [0.4, 0.5) is 10.1 Å². The molecule has 0 bridgehead atoms. The number of terminal acetylenes is 1. The first kappa shape index (κ1) is 18.9. The minimum Gasteiger partial charge on any atom is -0.368 e. The Morgan fingerprint density at radius 1 is 1.26 bits per heavy atom. The number of hydrogen-bond acceptors (Lipinski definition) is 4. The summed E-state index contributed by atoms with van der Waals surface area (Å²) < 4.78 is 13.2. The van der Waals surface area contributed by atoms with Crippen molar-refractivity contribution < 1.29 is 14.0 Å². The van der Waals surface area contributed by atoms with Gasteiger partial charge in [0, 0.05) is 12.5 Å². The van der Waals surface area contributed by atoms with Gasteiger partial charge in [-0.3, -0.25) is 14.6 Å². The lowest BCUT2D eigenvalue weighted by Crippen LogP contribution is -2.45. The Morgan fingerprint density at radius 2 is 1.93 bits per heavy atom. The highest BCUT2D eigenvalue weighted by Gasteiger charge is 2.38. The number of primary amides is 1. The van der Waals surface area contributed by atoms with Gasteiger partial charge in [0.1, 0.15) is 17.6 Å². The lowest BCUT2D eigenvalue weighted by atomic mass is 9.93. The van der Waals surface area contributed by atoms with Crippen LogP contribution in [0.25, 0.3) is 0 Å². The quantitative estimate of drug-likeness (QED) is 0.806. The number of anilines is 1. The Hall–Kier alpha value is -2.88. The van der Waals surface area contributed by atoms with E-state index in [0.29, 0.717) is 5.69 Å². The van der Waals surface area contributed by atoms with Crippen LogP contribution in [0, 0.1) is 18.2 Å². The topological polar surface area (TPSA) is 79.0 Å². The fraction of sp³-hybridized carbons (Fsp3) is 0.450. The maximum Gasteiger partial charge on any atom is 0.271 e. The standard InChI is InChI=1S/C20H23FN4O2/c1-2-12-24(15-6-4-3-5-7-15)20(27)17-13-18(19(22)26)25(23-17)16-10-8-14(21)9-11-16/h1,8-11,15,18H,3-7,12-13H2,(H2,22,26). The van der Waals surface area contributed by atoms with Crippen molar-refractivity contribution in [2.24, 2.45) is 10.8 Å². The van der Waals surface area contributed by atoms with E-state index >= 15 is 0 Å². The van der Waals surface area contributed by atoms with Gasteiger partial charge in [0.25, 0.3) is 5.91 Å². The average Bonchev–Trinajstić information content (AvgIpc) is 3.12. The molecule has 2 aliphatic rings. The molecule has 1 unspecified atom stereocenters. The number of carbonyl (C=O) groups excluding carboxylic acids is 2. The first-order valence-electron chi connectivity index (χ1n) is 9.17. The molecule has 2 N–H and O–H groups in total. The summed E-state index contributed by atoms with van der Waals surface area (Å²) in [6.07, 6.45) is 10.7. The zero-order valence-electron chi connectivity index (χ0n) is 15.1. The van der Waals surface area contributed by atoms with Gasteiger partial charge >= 0.3 is 0 Å². The Kier molecular flexibility index (Phi) is 5.75. The summed E-state index contributed by atoms with van der Waals surface area (Å²) in [5.74, 6) is 1.31. The van der Waals surface area contributed by atoms with Gasteiger partial charge < -0.3 is 10.6 Å². The summed E-state index contributed by atoms with van der Waals surface area (Å²) in [6.45, 7) is 0.209. The lowest BCUT2D eigenvalue weighted by Gasteiger charge is -2.33. The van der Waals surface area contributed by atoms with E-state index in [2.05, 4.69) is 11.0 Å². The van der Waals surface area contributed by atoms with Crippen molar-refractivity contribution in [1.29, 1.82) is 0 Å². The second kappa shape index (κ2) is 8.21. The third-order valence-electron chi connectivity index (χ3n) is 5.11. The van der Waals surface area contributed by atoms with E-state index < -0.39 is 17.8 Å². The molecule has 1 heterocycles. The summed E-state index contributed by atoms with van der Waals surface area (Å²) in [5.41, 5.74) is 6.27. The Balaban J connectivity index is 1.86. The molecule has 0 radical (unpaired) electrons. The second-order valence-corrected chi connectivity index (χ2v) is 6.92. The lowest BCUT2D eigenvalue weighted by molar-refractivity contribution is -0.126. The summed E-state index contributed by atoms with van der Waals surface area (Å²) in [5, 5.41) is 5.75. The highest BCUT2D eigenvalue weighted by Crippen LogP contribution is 2.27. The van der Waals surface area contributed by atoms with Gasteiger partial charge in [-0.05, 0) is 37.1 Å². The minimum atomic E-state index is -0.784. The van der Waals surface area contributed by atoms with Gasteiger partial charge in [-0.15, -0.1) is 6.42 Å². The van der Waals surface area contributed by atoms with Crippen LogP contribution in [0.5, 0.6) is 0 Å². The molecule has 1 aromatic carbocycles. The average molecular weight is 370 g/mol. The van der Waals surface area contributed by atoms with Crippen LogP contribution in [0.2, 0.25) is 0 Å². The van der Waals surface area contributed by atoms with Gasteiger partial charge in [0.2, 0.25) is 5.91 Å². The summed E-state index contributed by atoms with van der Waals surface area (Å²) in [6, 6.07) is 4.86. The third kappa shape index (κ3) is 4.11. The van der Waals surface area contributed by atoms with E-state index in [1.54, 1.807) is 4.90 Å². The number of rotatable bonds is 5. The maximum absolute atomic E-state index is 13.2. The van der Waals surface area contributed by atoms with Crippen LogP contribution in [0.1, 0.15) is 38.5 Å². The van der Waals surface area contributed by atoms with Crippen molar-refractivity contribution in [2.45, 2.75) is 50.6 Å². The van der Waals surface area contributed by atoms with Crippen LogP contribution in [-0.2, 0) is 9.59 Å². The number of hydrogen-bond donors (Lipinski definition) is 1. The van der Waals surface area contributed by atoms with Crippen molar-refractivity contribution in [2.75, 3.05) is 11.6 Å². The van der Waals surface area contributed by atoms with Gasteiger partial charge in [-0.1, -0.05) is 25.2 Å². The van der Waals surface area contributed by atoms with Crippen LogP contribution in [-0.4, -0.2) is 41.1 Å². The predicted molar refractivity (Wildman–Crippen MR) is 101 cm³/mol. The van der Waals surface area contributed by atoms with E-state index in [4.69, 9.17) is 12.2 Å². The molecule has 27 heavy (non-hydrogen) atoms.